The first-order chi connectivity index (χ1) is 18.7. The number of nitrogens with zero attached hydrogens (tertiary/aromatic N) is 2. The second-order valence-corrected chi connectivity index (χ2v) is 11.9. The number of halogens is 1. The monoisotopic (exact) mass is 528 g/mol. The molecule has 0 aliphatic carbocycles. The first kappa shape index (κ1) is 25.3. The molecule has 0 bridgehead atoms. The molecule has 0 amide bonds. The average Bonchev–Trinajstić information content (AvgIpc) is 3.23. The molecule has 0 atom stereocenters. The molecule has 0 spiro atoms. The molecule has 0 N–H and O–H groups in total. The van der Waals surface area contributed by atoms with Gasteiger partial charge in [0.05, 0.1) is 11.0 Å². The molecule has 0 unspecified atom stereocenters. The number of aryl methyl sites for hydroxylation is 2. The van der Waals surface area contributed by atoms with E-state index in [0.717, 1.165) is 33.3 Å². The standard InChI is InChI=1S/C36H33ClN2/c1-24-19-27(37)22-30(20-24)38(33-18-17-26(21-25(33)2)36(3,4)5)28-11-10-12-29(23-28)39-34-15-8-6-13-31(34)32-14-7-9-16-35(32)39/h6-23H,1-5H3. The zero-order valence-electron chi connectivity index (χ0n) is 23.2. The van der Waals surface area contributed by atoms with Gasteiger partial charge in [0.2, 0.25) is 0 Å². The molecule has 39 heavy (non-hydrogen) atoms. The minimum absolute atomic E-state index is 0.0806. The fourth-order valence-corrected chi connectivity index (χ4v) is 5.90. The van der Waals surface area contributed by atoms with E-state index < -0.39 is 0 Å². The summed E-state index contributed by atoms with van der Waals surface area (Å²) in [4.78, 5) is 2.33. The van der Waals surface area contributed by atoms with Crippen LogP contribution in [0.3, 0.4) is 0 Å². The minimum atomic E-state index is 0.0806. The van der Waals surface area contributed by atoms with Crippen LogP contribution in [0.15, 0.2) is 109 Å². The maximum absolute atomic E-state index is 6.61. The number of anilines is 3. The Hall–Kier alpha value is -4.01. The molecule has 1 heterocycles. The minimum Gasteiger partial charge on any atom is -0.310 e. The van der Waals surface area contributed by atoms with Gasteiger partial charge >= 0.3 is 0 Å². The molecule has 194 valence electrons. The van der Waals surface area contributed by atoms with Crippen molar-refractivity contribution in [2.45, 2.75) is 40.0 Å². The van der Waals surface area contributed by atoms with E-state index in [9.17, 15) is 0 Å². The first-order valence-corrected chi connectivity index (χ1v) is 13.9. The van der Waals surface area contributed by atoms with Crippen LogP contribution in [0.1, 0.15) is 37.5 Å². The zero-order valence-corrected chi connectivity index (χ0v) is 23.9. The highest BCUT2D eigenvalue weighted by atomic mass is 35.5. The van der Waals surface area contributed by atoms with Gasteiger partial charge in [0.25, 0.3) is 0 Å². The summed E-state index contributed by atoms with van der Waals surface area (Å²) in [6.07, 6.45) is 0. The van der Waals surface area contributed by atoms with Crippen LogP contribution in [-0.4, -0.2) is 4.57 Å². The lowest BCUT2D eigenvalue weighted by Gasteiger charge is -2.29. The van der Waals surface area contributed by atoms with Gasteiger partial charge < -0.3 is 9.47 Å². The Morgan fingerprint density at radius 2 is 1.31 bits per heavy atom. The predicted molar refractivity (Wildman–Crippen MR) is 169 cm³/mol. The summed E-state index contributed by atoms with van der Waals surface area (Å²) in [6, 6.07) is 39.2. The Balaban J connectivity index is 1.59. The largest absolute Gasteiger partial charge is 0.310 e. The second-order valence-electron chi connectivity index (χ2n) is 11.5. The van der Waals surface area contributed by atoms with Gasteiger partial charge in [-0.3, -0.25) is 0 Å². The Morgan fingerprint density at radius 3 is 1.92 bits per heavy atom. The van der Waals surface area contributed by atoms with E-state index in [1.807, 2.05) is 6.07 Å². The molecule has 0 aliphatic heterocycles. The van der Waals surface area contributed by atoms with Crippen LogP contribution in [0.4, 0.5) is 17.1 Å². The van der Waals surface area contributed by atoms with Crippen molar-refractivity contribution in [3.05, 3.63) is 131 Å². The smallest absolute Gasteiger partial charge is 0.0541 e. The molecule has 0 saturated carbocycles. The van der Waals surface area contributed by atoms with Crippen molar-refractivity contribution in [3.63, 3.8) is 0 Å². The number of benzene rings is 5. The second kappa shape index (κ2) is 9.63. The predicted octanol–water partition coefficient (Wildman–Crippen LogP) is 10.8. The molecule has 0 aliphatic rings. The summed E-state index contributed by atoms with van der Waals surface area (Å²) in [5, 5.41) is 3.25. The highest BCUT2D eigenvalue weighted by Crippen LogP contribution is 2.41. The van der Waals surface area contributed by atoms with Crippen molar-refractivity contribution >= 4 is 50.5 Å². The molecular weight excluding hydrogens is 496 g/mol. The Kier molecular flexibility index (Phi) is 6.24. The van der Waals surface area contributed by atoms with Crippen LogP contribution >= 0.6 is 11.6 Å². The summed E-state index contributed by atoms with van der Waals surface area (Å²) in [6.45, 7) is 11.1. The Morgan fingerprint density at radius 1 is 0.641 bits per heavy atom. The van der Waals surface area contributed by atoms with Crippen LogP contribution in [-0.2, 0) is 5.41 Å². The molecular formula is C36H33ClN2. The van der Waals surface area contributed by atoms with Gasteiger partial charge in [-0.05, 0) is 90.6 Å². The quantitative estimate of drug-likeness (QED) is 0.221. The first-order valence-electron chi connectivity index (χ1n) is 13.5. The fourth-order valence-electron chi connectivity index (χ4n) is 5.62. The third-order valence-electron chi connectivity index (χ3n) is 7.52. The normalized spacial score (nSPS) is 11.8. The van der Waals surface area contributed by atoms with E-state index >= 15 is 0 Å². The lowest BCUT2D eigenvalue weighted by molar-refractivity contribution is 0.590. The van der Waals surface area contributed by atoms with Crippen molar-refractivity contribution in [3.8, 4) is 5.69 Å². The lowest BCUT2D eigenvalue weighted by Crippen LogP contribution is -2.15. The summed E-state index contributed by atoms with van der Waals surface area (Å²) in [5.41, 5.74) is 10.6. The fraction of sp³-hybridized carbons (Fsp3) is 0.167. The molecule has 6 aromatic rings. The zero-order chi connectivity index (χ0) is 27.3. The molecule has 2 nitrogen and oxygen atoms in total. The topological polar surface area (TPSA) is 8.17 Å². The van der Waals surface area contributed by atoms with Crippen LogP contribution < -0.4 is 4.90 Å². The summed E-state index contributed by atoms with van der Waals surface area (Å²) in [7, 11) is 0. The molecule has 1 aromatic heterocycles. The number of hydrogen-bond acceptors (Lipinski definition) is 1. The van der Waals surface area contributed by atoms with Crippen LogP contribution in [0.5, 0.6) is 0 Å². The molecule has 0 saturated heterocycles. The molecule has 3 heteroatoms. The molecule has 0 radical (unpaired) electrons. The van der Waals surface area contributed by atoms with Crippen molar-refractivity contribution in [1.82, 2.24) is 4.57 Å². The van der Waals surface area contributed by atoms with Gasteiger partial charge in [0.1, 0.15) is 0 Å². The van der Waals surface area contributed by atoms with E-state index in [4.69, 9.17) is 11.6 Å². The maximum atomic E-state index is 6.61. The molecule has 5 aromatic carbocycles. The molecule has 0 fully saturated rings. The lowest BCUT2D eigenvalue weighted by atomic mass is 9.86. The van der Waals surface area contributed by atoms with Gasteiger partial charge in [0, 0.05) is 38.5 Å². The van der Waals surface area contributed by atoms with Gasteiger partial charge in [-0.2, -0.15) is 0 Å². The van der Waals surface area contributed by atoms with Crippen molar-refractivity contribution in [2.75, 3.05) is 4.90 Å². The van der Waals surface area contributed by atoms with Gasteiger partial charge in [-0.25, -0.2) is 0 Å². The molecule has 6 rings (SSSR count). The van der Waals surface area contributed by atoms with Crippen LogP contribution in [0, 0.1) is 13.8 Å². The Bertz CT molecular complexity index is 1760. The average molecular weight is 529 g/mol. The third-order valence-corrected chi connectivity index (χ3v) is 7.73. The van der Waals surface area contributed by atoms with E-state index in [1.165, 1.54) is 32.9 Å². The van der Waals surface area contributed by atoms with Crippen molar-refractivity contribution < 1.29 is 0 Å². The van der Waals surface area contributed by atoms with Gasteiger partial charge in [-0.1, -0.05) is 87.0 Å². The summed E-state index contributed by atoms with van der Waals surface area (Å²) >= 11 is 6.61. The number of para-hydroxylation sites is 2. The van der Waals surface area contributed by atoms with Crippen molar-refractivity contribution in [2.24, 2.45) is 0 Å². The number of hydrogen-bond donors (Lipinski definition) is 0. The van der Waals surface area contributed by atoms with E-state index in [1.54, 1.807) is 0 Å². The van der Waals surface area contributed by atoms with Gasteiger partial charge in [0.15, 0.2) is 0 Å². The van der Waals surface area contributed by atoms with E-state index in [0.29, 0.717) is 0 Å². The maximum Gasteiger partial charge on any atom is 0.0541 e. The van der Waals surface area contributed by atoms with Crippen molar-refractivity contribution in [1.29, 1.82) is 0 Å². The van der Waals surface area contributed by atoms with Crippen LogP contribution in [0.25, 0.3) is 27.5 Å². The highest BCUT2D eigenvalue weighted by Gasteiger charge is 2.20. The van der Waals surface area contributed by atoms with E-state index in [2.05, 4.69) is 147 Å². The SMILES string of the molecule is Cc1cc(Cl)cc(N(c2cccc(-n3c4ccccc4c4ccccc43)c2)c2ccc(C(C)(C)C)cc2C)c1. The summed E-state index contributed by atoms with van der Waals surface area (Å²) in [5.74, 6) is 0. The number of rotatable bonds is 4. The number of aromatic nitrogens is 1. The highest BCUT2D eigenvalue weighted by molar-refractivity contribution is 6.31. The van der Waals surface area contributed by atoms with E-state index in [-0.39, 0.29) is 5.41 Å². The number of fused-ring (bicyclic) bond motifs is 3. The Labute approximate surface area is 236 Å². The van der Waals surface area contributed by atoms with Crippen LogP contribution in [0.2, 0.25) is 5.02 Å². The third kappa shape index (κ3) is 4.60. The summed E-state index contributed by atoms with van der Waals surface area (Å²) < 4.78 is 2.37. The van der Waals surface area contributed by atoms with Gasteiger partial charge in [-0.15, -0.1) is 0 Å².